The zero-order chi connectivity index (χ0) is 34.2. The van der Waals surface area contributed by atoms with Crippen molar-refractivity contribution < 1.29 is 8.83 Å². The fraction of sp³-hybridized carbons (Fsp3) is 0.0426. The predicted molar refractivity (Wildman–Crippen MR) is 211 cm³/mol. The second-order valence-electron chi connectivity index (χ2n) is 13.5. The lowest BCUT2D eigenvalue weighted by molar-refractivity contribution is 0.668. The number of allylic oxidation sites excluding steroid dienone is 4. The standard InChI is InChI=1S/C47H29N3O2/c1-2-12-29(13-3-1)45-48-46(31-23-24-33-30(27-31)22-21-28-11-4-5-14-32(28)33)50-47(49-45)43-35(25-26-41-42(43)38-16-7-9-20-40(38)51-41)37-18-10-17-36-34-15-6-8-19-39(34)52-44(36)37/h1-12,14-27,29H,13H2. The third-order valence-corrected chi connectivity index (χ3v) is 10.4. The number of nitrogens with zero attached hydrogens (tertiary/aromatic N) is 3. The Kier molecular flexibility index (Phi) is 6.31. The van der Waals surface area contributed by atoms with Crippen LogP contribution in [0.3, 0.4) is 0 Å². The largest absolute Gasteiger partial charge is 0.456 e. The van der Waals surface area contributed by atoms with Crippen molar-refractivity contribution in [2.45, 2.75) is 12.3 Å². The van der Waals surface area contributed by atoms with Crippen molar-refractivity contribution in [1.29, 1.82) is 0 Å². The summed E-state index contributed by atoms with van der Waals surface area (Å²) >= 11 is 0. The van der Waals surface area contributed by atoms with E-state index in [1.807, 2.05) is 24.3 Å². The molecule has 5 nitrogen and oxygen atoms in total. The normalized spacial score (nSPS) is 14.5. The smallest absolute Gasteiger partial charge is 0.165 e. The summed E-state index contributed by atoms with van der Waals surface area (Å²) in [6.45, 7) is 0. The third kappa shape index (κ3) is 4.46. The van der Waals surface area contributed by atoms with E-state index >= 15 is 0 Å². The van der Waals surface area contributed by atoms with Crippen LogP contribution in [0.1, 0.15) is 18.2 Å². The van der Waals surface area contributed by atoms with E-state index in [1.165, 1.54) is 16.2 Å². The van der Waals surface area contributed by atoms with Gasteiger partial charge in [-0.2, -0.15) is 0 Å². The van der Waals surface area contributed by atoms with Gasteiger partial charge < -0.3 is 8.83 Å². The first kappa shape index (κ1) is 28.9. The lowest BCUT2D eigenvalue weighted by atomic mass is 9.93. The zero-order valence-corrected chi connectivity index (χ0v) is 28.0. The Morgan fingerprint density at radius 1 is 0.500 bits per heavy atom. The van der Waals surface area contributed by atoms with Gasteiger partial charge in [0.2, 0.25) is 0 Å². The molecule has 0 radical (unpaired) electrons. The number of hydrogen-bond acceptors (Lipinski definition) is 5. The number of benzene rings is 7. The van der Waals surface area contributed by atoms with Crippen molar-refractivity contribution in [3.8, 4) is 33.9 Å². The molecule has 1 unspecified atom stereocenters. The van der Waals surface area contributed by atoms with E-state index in [2.05, 4.69) is 133 Å². The maximum atomic E-state index is 6.60. The van der Waals surface area contributed by atoms with Gasteiger partial charge in [-0.15, -0.1) is 0 Å². The molecule has 52 heavy (non-hydrogen) atoms. The van der Waals surface area contributed by atoms with E-state index in [-0.39, 0.29) is 5.92 Å². The highest BCUT2D eigenvalue weighted by molar-refractivity contribution is 6.18. The van der Waals surface area contributed by atoms with Gasteiger partial charge in [0.05, 0.1) is 0 Å². The average molecular weight is 668 g/mol. The Morgan fingerprint density at radius 3 is 2.13 bits per heavy atom. The van der Waals surface area contributed by atoms with E-state index in [0.29, 0.717) is 11.6 Å². The van der Waals surface area contributed by atoms with Crippen molar-refractivity contribution in [1.82, 2.24) is 15.0 Å². The topological polar surface area (TPSA) is 65.0 Å². The molecule has 10 aromatic rings. The van der Waals surface area contributed by atoms with Gasteiger partial charge in [-0.25, -0.2) is 15.0 Å². The predicted octanol–water partition coefficient (Wildman–Crippen LogP) is 12.6. The lowest BCUT2D eigenvalue weighted by Gasteiger charge is -2.17. The average Bonchev–Trinajstić information content (AvgIpc) is 3.79. The Balaban J connectivity index is 1.21. The molecule has 1 aliphatic rings. The molecule has 5 heteroatoms. The van der Waals surface area contributed by atoms with Crippen LogP contribution in [0.2, 0.25) is 0 Å². The van der Waals surface area contributed by atoms with E-state index in [4.69, 9.17) is 23.8 Å². The fourth-order valence-electron chi connectivity index (χ4n) is 7.96. The second-order valence-corrected chi connectivity index (χ2v) is 13.5. The van der Waals surface area contributed by atoms with Crippen LogP contribution in [-0.2, 0) is 0 Å². The number of aromatic nitrogens is 3. The summed E-state index contributed by atoms with van der Waals surface area (Å²) in [4.78, 5) is 15.9. The van der Waals surface area contributed by atoms with Crippen LogP contribution in [0.4, 0.5) is 0 Å². The molecule has 0 spiro atoms. The van der Waals surface area contributed by atoms with E-state index in [1.54, 1.807) is 0 Å². The minimum Gasteiger partial charge on any atom is -0.456 e. The molecular formula is C47H29N3O2. The molecule has 244 valence electrons. The number of hydrogen-bond donors (Lipinski definition) is 0. The molecule has 0 bridgehead atoms. The van der Waals surface area contributed by atoms with Crippen LogP contribution in [-0.4, -0.2) is 15.0 Å². The molecule has 0 N–H and O–H groups in total. The van der Waals surface area contributed by atoms with Crippen molar-refractivity contribution in [3.05, 3.63) is 164 Å². The summed E-state index contributed by atoms with van der Waals surface area (Å²) in [6, 6.07) is 46.3. The maximum Gasteiger partial charge on any atom is 0.165 e. The summed E-state index contributed by atoms with van der Waals surface area (Å²) in [6.07, 6.45) is 9.33. The number of rotatable bonds is 4. The minimum absolute atomic E-state index is 0.0115. The van der Waals surface area contributed by atoms with Gasteiger partial charge in [0.1, 0.15) is 28.2 Å². The van der Waals surface area contributed by atoms with Gasteiger partial charge >= 0.3 is 0 Å². The summed E-state index contributed by atoms with van der Waals surface area (Å²) in [5.41, 5.74) is 7.04. The highest BCUT2D eigenvalue weighted by Crippen LogP contribution is 2.45. The number of para-hydroxylation sites is 3. The molecule has 11 rings (SSSR count). The zero-order valence-electron chi connectivity index (χ0n) is 28.0. The Hall–Kier alpha value is -6.85. The maximum absolute atomic E-state index is 6.60. The molecule has 3 aromatic heterocycles. The van der Waals surface area contributed by atoms with Crippen LogP contribution >= 0.6 is 0 Å². The van der Waals surface area contributed by atoms with Gasteiger partial charge in [-0.3, -0.25) is 0 Å². The first-order chi connectivity index (χ1) is 25.8. The molecule has 0 amide bonds. The number of furan rings is 2. The fourth-order valence-corrected chi connectivity index (χ4v) is 7.96. The molecule has 7 aromatic carbocycles. The molecule has 3 heterocycles. The van der Waals surface area contributed by atoms with Crippen molar-refractivity contribution in [2.75, 3.05) is 0 Å². The Labute approximate surface area is 298 Å². The summed E-state index contributed by atoms with van der Waals surface area (Å²) < 4.78 is 13.1. The SMILES string of the molecule is C1=CCC(c2nc(-c3ccc4c(ccc5ccccc54)c3)nc(-c3c(-c4cccc5c4oc4ccccc45)ccc4oc5ccccc5c34)n2)C=C1. The van der Waals surface area contributed by atoms with Crippen LogP contribution in [0.25, 0.3) is 99.3 Å². The molecular weight excluding hydrogens is 639 g/mol. The third-order valence-electron chi connectivity index (χ3n) is 10.4. The Morgan fingerprint density at radius 2 is 1.25 bits per heavy atom. The van der Waals surface area contributed by atoms with Crippen molar-refractivity contribution in [3.63, 3.8) is 0 Å². The summed E-state index contributed by atoms with van der Waals surface area (Å²) in [7, 11) is 0. The number of fused-ring (bicyclic) bond motifs is 9. The highest BCUT2D eigenvalue weighted by atomic mass is 16.3. The first-order valence-electron chi connectivity index (χ1n) is 17.6. The summed E-state index contributed by atoms with van der Waals surface area (Å²) in [5, 5.41) is 8.91. The van der Waals surface area contributed by atoms with Crippen LogP contribution in [0.5, 0.6) is 0 Å². The van der Waals surface area contributed by atoms with Gasteiger partial charge in [0.25, 0.3) is 0 Å². The highest BCUT2D eigenvalue weighted by Gasteiger charge is 2.25. The van der Waals surface area contributed by atoms with E-state index in [0.717, 1.165) is 83.8 Å². The van der Waals surface area contributed by atoms with Gasteiger partial charge in [0.15, 0.2) is 11.6 Å². The molecule has 0 saturated heterocycles. The first-order valence-corrected chi connectivity index (χ1v) is 17.6. The molecule has 1 aliphatic carbocycles. The van der Waals surface area contributed by atoms with Gasteiger partial charge in [-0.1, -0.05) is 127 Å². The monoisotopic (exact) mass is 667 g/mol. The molecule has 0 fully saturated rings. The van der Waals surface area contributed by atoms with Crippen LogP contribution in [0, 0.1) is 0 Å². The minimum atomic E-state index is 0.0115. The molecule has 1 atom stereocenters. The van der Waals surface area contributed by atoms with Gasteiger partial charge in [0, 0.05) is 44.2 Å². The van der Waals surface area contributed by atoms with Crippen molar-refractivity contribution in [2.24, 2.45) is 0 Å². The van der Waals surface area contributed by atoms with E-state index in [9.17, 15) is 0 Å². The van der Waals surface area contributed by atoms with Crippen molar-refractivity contribution >= 4 is 65.4 Å². The van der Waals surface area contributed by atoms with Gasteiger partial charge in [-0.05, 0) is 63.9 Å². The Bertz CT molecular complexity index is 3130. The van der Waals surface area contributed by atoms with Crippen LogP contribution in [0.15, 0.2) is 167 Å². The quantitative estimate of drug-likeness (QED) is 0.175. The molecule has 0 aliphatic heterocycles. The second kappa shape index (κ2) is 11.3. The lowest BCUT2D eigenvalue weighted by Crippen LogP contribution is -2.08. The summed E-state index contributed by atoms with van der Waals surface area (Å²) in [5.74, 6) is 1.98. The van der Waals surface area contributed by atoms with E-state index < -0.39 is 0 Å². The molecule has 0 saturated carbocycles. The van der Waals surface area contributed by atoms with Crippen LogP contribution < -0.4 is 0 Å².